The zero-order chi connectivity index (χ0) is 31.4. The largest absolute Gasteiger partial charge is 1.00 e. The molecule has 224 valence electrons. The van der Waals surface area contributed by atoms with Crippen LogP contribution in [0.4, 0.5) is 11.4 Å². The van der Waals surface area contributed by atoms with Crippen LogP contribution in [0.1, 0.15) is 82.5 Å². The number of benzene rings is 2. The quantitative estimate of drug-likeness (QED) is 0.394. The van der Waals surface area contributed by atoms with E-state index >= 15 is 0 Å². The van der Waals surface area contributed by atoms with Gasteiger partial charge in [-0.25, -0.2) is 0 Å². The van der Waals surface area contributed by atoms with Crippen LogP contribution >= 0.6 is 0 Å². The van der Waals surface area contributed by atoms with E-state index in [1.54, 1.807) is 62.7 Å². The van der Waals surface area contributed by atoms with E-state index < -0.39 is 17.1 Å². The molecule has 2 aliphatic rings. The van der Waals surface area contributed by atoms with Crippen molar-refractivity contribution < 1.29 is 75.7 Å². The van der Waals surface area contributed by atoms with Crippen molar-refractivity contribution >= 4 is 34.9 Å². The molecule has 0 N–H and O–H groups in total. The Balaban J connectivity index is 0.000000355. The van der Waals surface area contributed by atoms with Crippen LogP contribution in [0.15, 0.2) is 48.5 Å². The van der Waals surface area contributed by atoms with E-state index in [-0.39, 0.29) is 86.7 Å². The van der Waals surface area contributed by atoms with E-state index in [4.69, 9.17) is 0 Å². The van der Waals surface area contributed by atoms with Crippen LogP contribution in [-0.4, -0.2) is 61.2 Å². The van der Waals surface area contributed by atoms with Gasteiger partial charge in [-0.2, -0.15) is 0 Å². The summed E-state index contributed by atoms with van der Waals surface area (Å²) in [6.45, 7) is 14.6. The molecule has 4 rings (SSSR count). The Morgan fingerprint density at radius 2 is 1.24 bits per heavy atom. The van der Waals surface area contributed by atoms with Gasteiger partial charge in [-0.05, 0) is 42.5 Å². The zero-order valence-corrected chi connectivity index (χ0v) is 30.6. The van der Waals surface area contributed by atoms with Crippen LogP contribution in [0.2, 0.25) is 0 Å². The fraction of sp³-hybridized carbons (Fsp3) is 0.515. The Morgan fingerprint density at radius 3 is 1.67 bits per heavy atom. The van der Waals surface area contributed by atoms with Crippen molar-refractivity contribution in [3.8, 4) is 0 Å². The molecule has 8 nitrogen and oxygen atoms in total. The molecule has 0 aromatic heterocycles. The van der Waals surface area contributed by atoms with Crippen LogP contribution in [0.5, 0.6) is 0 Å². The van der Waals surface area contributed by atoms with Gasteiger partial charge in [0.05, 0.1) is 16.9 Å². The minimum Gasteiger partial charge on any atom is -0.850 e. The van der Waals surface area contributed by atoms with Crippen LogP contribution in [-0.2, 0) is 9.59 Å². The first-order valence-corrected chi connectivity index (χ1v) is 14.2. The third-order valence-corrected chi connectivity index (χ3v) is 7.59. The molecule has 0 saturated heterocycles. The van der Waals surface area contributed by atoms with Crippen LogP contribution in [0, 0.1) is 17.3 Å². The van der Waals surface area contributed by atoms with Crippen molar-refractivity contribution in [3.05, 3.63) is 59.7 Å². The summed E-state index contributed by atoms with van der Waals surface area (Å²) in [5.74, 6) is -0.156. The molecule has 3 amide bonds. The predicted molar refractivity (Wildman–Crippen MR) is 162 cm³/mol. The molecule has 2 aromatic carbocycles. The number of carbonyl (C=O) groups is 4. The molecule has 0 bridgehead atoms. The Kier molecular flexibility index (Phi) is 13.8. The van der Waals surface area contributed by atoms with Gasteiger partial charge in [0.25, 0.3) is 5.91 Å². The van der Waals surface area contributed by atoms with Gasteiger partial charge in [0.2, 0.25) is 11.8 Å². The van der Waals surface area contributed by atoms with Gasteiger partial charge in [0, 0.05) is 26.7 Å². The second-order valence-electron chi connectivity index (χ2n) is 12.3. The molecule has 0 fully saturated rings. The number of para-hydroxylation sites is 2. The van der Waals surface area contributed by atoms with Crippen molar-refractivity contribution in [3.63, 3.8) is 0 Å². The number of anilines is 2. The molecule has 2 aromatic rings. The fourth-order valence-electron chi connectivity index (χ4n) is 5.41. The van der Waals surface area contributed by atoms with E-state index in [0.717, 1.165) is 5.69 Å². The number of hydrogen-bond donors (Lipinski definition) is 0. The van der Waals surface area contributed by atoms with Gasteiger partial charge in [-0.1, -0.05) is 79.7 Å². The number of nitrogens with zero attached hydrogens (tertiary/aromatic N) is 3. The Morgan fingerprint density at radius 1 is 0.810 bits per heavy atom. The minimum absolute atomic E-state index is 0. The molecule has 0 saturated carbocycles. The second kappa shape index (κ2) is 15.2. The van der Waals surface area contributed by atoms with Crippen molar-refractivity contribution in [2.24, 2.45) is 17.3 Å². The van der Waals surface area contributed by atoms with Crippen molar-refractivity contribution in [1.82, 2.24) is 4.90 Å². The molecule has 2 atom stereocenters. The normalized spacial score (nSPS) is 20.1. The number of Topliss-reactive ketones (excluding diaryl/α,β-unsaturated/α-hetero) is 1. The van der Waals surface area contributed by atoms with E-state index in [1.807, 2.05) is 77.1 Å². The van der Waals surface area contributed by atoms with Crippen molar-refractivity contribution in [2.45, 2.75) is 73.5 Å². The van der Waals surface area contributed by atoms with E-state index in [0.29, 0.717) is 23.2 Å². The molecule has 2 heterocycles. The molecule has 0 unspecified atom stereocenters. The molecular weight excluding hydrogens is 557 g/mol. The van der Waals surface area contributed by atoms with E-state index in [1.165, 1.54) is 0 Å². The van der Waals surface area contributed by atoms with Crippen LogP contribution in [0.3, 0.4) is 0 Å². The standard InChI is InChI=1S/C15H19NO2.C14H18N2O2.C4H9O.K/c1-5-15(10(2)3)13(17)11-8-6-7-9-12(11)16(4)14(15)18;1-9(2)12-14(18)15(3)11-8-6-5-7-10(11)13(17)16(12)4;1-4(2,3)5;/h6-10H,5H2,1-4H3;5-9,12H,1-4H3;1-3H3;/q;;-1;+1/t15-;12-;;/m10../s1. The van der Waals surface area contributed by atoms with Crippen LogP contribution in [0.25, 0.3) is 0 Å². The summed E-state index contributed by atoms with van der Waals surface area (Å²) >= 11 is 0. The predicted octanol–water partition coefficient (Wildman–Crippen LogP) is 1.81. The monoisotopic (exact) mass is 603 g/mol. The number of rotatable bonds is 3. The first-order valence-electron chi connectivity index (χ1n) is 14.2. The minimum atomic E-state index is -0.900. The number of fused-ring (bicyclic) bond motifs is 2. The first-order chi connectivity index (χ1) is 18.9. The van der Waals surface area contributed by atoms with Gasteiger partial charge < -0.3 is 19.8 Å². The summed E-state index contributed by atoms with van der Waals surface area (Å²) in [6.07, 6.45) is 0.543. The SMILES string of the molecule is CC(C)(C)[O-].CC(C)[C@H]1C(=O)N(C)c2ccccc2C(=O)N1C.CC[C@@]1(C(C)C)C(=O)c2ccccc2N(C)C1=O.[K+]. The Labute approximate surface area is 294 Å². The summed E-state index contributed by atoms with van der Waals surface area (Å²) in [5.41, 5.74) is 0.997. The molecule has 2 aliphatic heterocycles. The summed E-state index contributed by atoms with van der Waals surface area (Å²) < 4.78 is 0. The third kappa shape index (κ3) is 7.98. The zero-order valence-electron chi connectivity index (χ0n) is 27.4. The molecule has 9 heteroatoms. The van der Waals surface area contributed by atoms with Gasteiger partial charge in [0.15, 0.2) is 5.78 Å². The number of carbonyl (C=O) groups excluding carboxylic acids is 4. The van der Waals surface area contributed by atoms with E-state index in [2.05, 4.69) is 0 Å². The summed E-state index contributed by atoms with van der Waals surface area (Å²) in [6, 6.07) is 14.2. The number of ketones is 1. The third-order valence-electron chi connectivity index (χ3n) is 7.59. The van der Waals surface area contributed by atoms with Gasteiger partial charge in [-0.3, -0.25) is 19.2 Å². The van der Waals surface area contributed by atoms with E-state index in [9.17, 15) is 24.3 Å². The average Bonchev–Trinajstić information content (AvgIpc) is 2.96. The molecular formula is C33H46KN3O5. The van der Waals surface area contributed by atoms with Crippen molar-refractivity contribution in [1.29, 1.82) is 0 Å². The molecule has 0 radical (unpaired) electrons. The van der Waals surface area contributed by atoms with Crippen LogP contribution < -0.4 is 66.3 Å². The summed E-state index contributed by atoms with van der Waals surface area (Å²) in [7, 11) is 5.17. The number of amides is 3. The molecule has 0 spiro atoms. The Hall–Kier alpha value is -1.88. The maximum atomic E-state index is 12.7. The van der Waals surface area contributed by atoms with Gasteiger partial charge in [0.1, 0.15) is 11.5 Å². The number of likely N-dealkylation sites (N-methyl/N-ethyl adjacent to an activating group) is 2. The van der Waals surface area contributed by atoms with Crippen molar-refractivity contribution in [2.75, 3.05) is 30.9 Å². The topological polar surface area (TPSA) is 101 Å². The van der Waals surface area contributed by atoms with Gasteiger partial charge >= 0.3 is 51.4 Å². The molecule has 0 aliphatic carbocycles. The first kappa shape index (κ1) is 38.1. The summed E-state index contributed by atoms with van der Waals surface area (Å²) in [4.78, 5) is 54.9. The molecule has 42 heavy (non-hydrogen) atoms. The summed E-state index contributed by atoms with van der Waals surface area (Å²) in [5, 5.41) is 10.1. The smallest absolute Gasteiger partial charge is 0.850 e. The fourth-order valence-corrected chi connectivity index (χ4v) is 5.41. The maximum Gasteiger partial charge on any atom is 1.00 e. The average molecular weight is 604 g/mol. The van der Waals surface area contributed by atoms with Gasteiger partial charge in [-0.15, -0.1) is 5.60 Å². The maximum absolute atomic E-state index is 12.7. The Bertz CT molecular complexity index is 1280. The second-order valence-corrected chi connectivity index (χ2v) is 12.3. The number of hydrogen-bond acceptors (Lipinski definition) is 5.